The Bertz CT molecular complexity index is 835. The molecule has 0 fully saturated rings. The summed E-state index contributed by atoms with van der Waals surface area (Å²) in [6, 6.07) is 10.8. The minimum absolute atomic E-state index is 0.0919. The number of amides is 1. The second-order valence-electron chi connectivity index (χ2n) is 6.02. The number of carbonyl (C=O) groups excluding carboxylic acids is 1. The lowest BCUT2D eigenvalue weighted by Crippen LogP contribution is -2.47. The second kappa shape index (κ2) is 6.29. The Balaban J connectivity index is 1.96. The molecule has 1 N–H and O–H groups in total. The standard InChI is InChI=1S/C20H19NO3/c1-4-9-21-17-8-7-16(22)12-18(17)24-19(20(21)23)11-15-10-13(2)5-6-14(15)3/h1,5-8,10,12,19,22H,9,11H2,2-3H3. The lowest BCUT2D eigenvalue weighted by Gasteiger charge is -2.33. The van der Waals surface area contributed by atoms with Gasteiger partial charge in [0.2, 0.25) is 0 Å². The second-order valence-corrected chi connectivity index (χ2v) is 6.02. The molecule has 0 aliphatic carbocycles. The van der Waals surface area contributed by atoms with Gasteiger partial charge in [-0.1, -0.05) is 29.7 Å². The van der Waals surface area contributed by atoms with Gasteiger partial charge < -0.3 is 9.84 Å². The van der Waals surface area contributed by atoms with Crippen molar-refractivity contribution in [3.05, 3.63) is 53.1 Å². The van der Waals surface area contributed by atoms with Crippen LogP contribution in [-0.4, -0.2) is 23.7 Å². The summed E-state index contributed by atoms with van der Waals surface area (Å²) in [5, 5.41) is 9.70. The Morgan fingerprint density at radius 1 is 1.25 bits per heavy atom. The Kier molecular flexibility index (Phi) is 4.18. The summed E-state index contributed by atoms with van der Waals surface area (Å²) in [5.74, 6) is 2.92. The van der Waals surface area contributed by atoms with E-state index < -0.39 is 6.10 Å². The molecule has 0 saturated carbocycles. The molecule has 1 aliphatic rings. The van der Waals surface area contributed by atoms with Gasteiger partial charge in [0.15, 0.2) is 6.10 Å². The van der Waals surface area contributed by atoms with E-state index in [1.54, 1.807) is 6.07 Å². The Labute approximate surface area is 141 Å². The molecule has 122 valence electrons. The van der Waals surface area contributed by atoms with Crippen molar-refractivity contribution in [1.29, 1.82) is 0 Å². The number of phenolic OH excluding ortho intramolecular Hbond substituents is 1. The van der Waals surface area contributed by atoms with Crippen LogP contribution in [-0.2, 0) is 11.2 Å². The van der Waals surface area contributed by atoms with Gasteiger partial charge in [-0.05, 0) is 37.1 Å². The average Bonchev–Trinajstić information content (AvgIpc) is 2.54. The van der Waals surface area contributed by atoms with Crippen LogP contribution in [0.15, 0.2) is 36.4 Å². The number of nitrogens with zero attached hydrogens (tertiary/aromatic N) is 1. The lowest BCUT2D eigenvalue weighted by molar-refractivity contribution is -0.126. The molecule has 2 aromatic carbocycles. The molecule has 0 spiro atoms. The van der Waals surface area contributed by atoms with Crippen molar-refractivity contribution >= 4 is 11.6 Å². The first-order chi connectivity index (χ1) is 11.5. The summed E-state index contributed by atoms with van der Waals surface area (Å²) < 4.78 is 5.88. The summed E-state index contributed by atoms with van der Waals surface area (Å²) in [5.41, 5.74) is 3.91. The minimum atomic E-state index is -0.659. The molecular formula is C20H19NO3. The van der Waals surface area contributed by atoms with Gasteiger partial charge in [0.1, 0.15) is 11.5 Å². The van der Waals surface area contributed by atoms with E-state index in [0.29, 0.717) is 17.9 Å². The number of phenols is 1. The molecule has 0 bridgehead atoms. The summed E-state index contributed by atoms with van der Waals surface area (Å²) in [6.45, 7) is 4.20. The predicted molar refractivity (Wildman–Crippen MR) is 93.3 cm³/mol. The van der Waals surface area contributed by atoms with Crippen molar-refractivity contribution in [2.24, 2.45) is 0 Å². The van der Waals surface area contributed by atoms with Gasteiger partial charge >= 0.3 is 0 Å². The quantitative estimate of drug-likeness (QED) is 0.884. The van der Waals surface area contributed by atoms with Gasteiger partial charge in [-0.15, -0.1) is 6.42 Å². The average molecular weight is 321 g/mol. The fourth-order valence-electron chi connectivity index (χ4n) is 2.92. The number of aryl methyl sites for hydroxylation is 2. The molecule has 4 nitrogen and oxygen atoms in total. The molecule has 1 aliphatic heterocycles. The third-order valence-electron chi connectivity index (χ3n) is 4.20. The molecule has 4 heteroatoms. The first kappa shape index (κ1) is 15.9. The molecule has 1 atom stereocenters. The summed E-state index contributed by atoms with van der Waals surface area (Å²) in [7, 11) is 0. The summed E-state index contributed by atoms with van der Waals surface area (Å²) in [4.78, 5) is 14.3. The van der Waals surface area contributed by atoms with E-state index in [1.165, 1.54) is 17.0 Å². The molecule has 1 unspecified atom stereocenters. The van der Waals surface area contributed by atoms with Gasteiger partial charge in [0.25, 0.3) is 5.91 Å². The van der Waals surface area contributed by atoms with Crippen molar-refractivity contribution < 1.29 is 14.6 Å². The third kappa shape index (κ3) is 2.93. The van der Waals surface area contributed by atoms with Gasteiger partial charge in [-0.25, -0.2) is 0 Å². The molecular weight excluding hydrogens is 302 g/mol. The number of anilines is 1. The highest BCUT2D eigenvalue weighted by atomic mass is 16.5. The van der Waals surface area contributed by atoms with Gasteiger partial charge in [0, 0.05) is 12.5 Å². The maximum absolute atomic E-state index is 12.8. The van der Waals surface area contributed by atoms with E-state index >= 15 is 0 Å². The largest absolute Gasteiger partial charge is 0.508 e. The molecule has 1 heterocycles. The smallest absolute Gasteiger partial charge is 0.269 e. The van der Waals surface area contributed by atoms with Crippen LogP contribution in [0, 0.1) is 26.2 Å². The fraction of sp³-hybridized carbons (Fsp3) is 0.250. The maximum atomic E-state index is 12.8. The highest BCUT2D eigenvalue weighted by molar-refractivity contribution is 6.00. The number of rotatable bonds is 3. The van der Waals surface area contributed by atoms with E-state index in [2.05, 4.69) is 12.0 Å². The molecule has 24 heavy (non-hydrogen) atoms. The number of fused-ring (bicyclic) bond motifs is 1. The van der Waals surface area contributed by atoms with E-state index in [4.69, 9.17) is 11.2 Å². The van der Waals surface area contributed by atoms with Crippen LogP contribution in [0.4, 0.5) is 5.69 Å². The Hall–Kier alpha value is -2.93. The van der Waals surface area contributed by atoms with Gasteiger partial charge in [0.05, 0.1) is 12.2 Å². The van der Waals surface area contributed by atoms with Crippen LogP contribution in [0.25, 0.3) is 0 Å². The minimum Gasteiger partial charge on any atom is -0.508 e. The van der Waals surface area contributed by atoms with Crippen LogP contribution in [0.1, 0.15) is 16.7 Å². The zero-order valence-electron chi connectivity index (χ0n) is 13.7. The Morgan fingerprint density at radius 2 is 2.04 bits per heavy atom. The van der Waals surface area contributed by atoms with Crippen molar-refractivity contribution in [2.45, 2.75) is 26.4 Å². The third-order valence-corrected chi connectivity index (χ3v) is 4.20. The van der Waals surface area contributed by atoms with E-state index in [1.807, 2.05) is 26.0 Å². The van der Waals surface area contributed by atoms with Crippen LogP contribution in [0.3, 0.4) is 0 Å². The van der Waals surface area contributed by atoms with Crippen LogP contribution in [0.2, 0.25) is 0 Å². The highest BCUT2D eigenvalue weighted by Gasteiger charge is 2.34. The number of benzene rings is 2. The molecule has 0 saturated heterocycles. The maximum Gasteiger partial charge on any atom is 0.269 e. The zero-order chi connectivity index (χ0) is 17.3. The summed E-state index contributed by atoms with van der Waals surface area (Å²) in [6.07, 6.45) is 5.22. The first-order valence-corrected chi connectivity index (χ1v) is 7.80. The number of hydrogen-bond donors (Lipinski definition) is 1. The summed E-state index contributed by atoms with van der Waals surface area (Å²) >= 11 is 0. The monoisotopic (exact) mass is 321 g/mol. The van der Waals surface area contributed by atoms with E-state index in [9.17, 15) is 9.90 Å². The lowest BCUT2D eigenvalue weighted by atomic mass is 9.98. The van der Waals surface area contributed by atoms with Crippen LogP contribution < -0.4 is 9.64 Å². The molecule has 1 amide bonds. The number of hydrogen-bond acceptors (Lipinski definition) is 3. The number of aromatic hydroxyl groups is 1. The van der Waals surface area contributed by atoms with Crippen molar-refractivity contribution in [3.63, 3.8) is 0 Å². The number of ether oxygens (including phenoxy) is 1. The zero-order valence-corrected chi connectivity index (χ0v) is 13.7. The van der Waals surface area contributed by atoms with Crippen molar-refractivity contribution in [2.75, 3.05) is 11.4 Å². The van der Waals surface area contributed by atoms with Gasteiger partial charge in [-0.3, -0.25) is 9.69 Å². The number of carbonyl (C=O) groups is 1. The van der Waals surface area contributed by atoms with Crippen LogP contribution in [0.5, 0.6) is 11.5 Å². The van der Waals surface area contributed by atoms with Crippen molar-refractivity contribution in [1.82, 2.24) is 0 Å². The highest BCUT2D eigenvalue weighted by Crippen LogP contribution is 2.37. The normalized spacial score (nSPS) is 16.3. The first-order valence-electron chi connectivity index (χ1n) is 7.80. The van der Waals surface area contributed by atoms with Gasteiger partial charge in [-0.2, -0.15) is 0 Å². The fourth-order valence-corrected chi connectivity index (χ4v) is 2.92. The van der Waals surface area contributed by atoms with E-state index in [0.717, 1.165) is 16.7 Å². The predicted octanol–water partition coefficient (Wildman–Crippen LogP) is 2.98. The molecule has 0 radical (unpaired) electrons. The SMILES string of the molecule is C#CCN1C(=O)C(Cc2cc(C)ccc2C)Oc2cc(O)ccc21. The topological polar surface area (TPSA) is 49.8 Å². The van der Waals surface area contributed by atoms with Crippen molar-refractivity contribution in [3.8, 4) is 23.8 Å². The number of terminal acetylenes is 1. The molecule has 3 rings (SSSR count). The Morgan fingerprint density at radius 3 is 2.79 bits per heavy atom. The molecule has 0 aromatic heterocycles. The molecule has 2 aromatic rings. The van der Waals surface area contributed by atoms with Crippen LogP contribution >= 0.6 is 0 Å². The van der Waals surface area contributed by atoms with E-state index in [-0.39, 0.29) is 18.2 Å².